The van der Waals surface area contributed by atoms with E-state index in [1.165, 1.54) is 0 Å². The Balaban J connectivity index is 1.61. The average Bonchev–Trinajstić information content (AvgIpc) is 3.14. The van der Waals surface area contributed by atoms with Crippen LogP contribution in [0.4, 0.5) is 0 Å². The largest absolute Gasteiger partial charge is 0.473 e. The van der Waals surface area contributed by atoms with Gasteiger partial charge in [0, 0.05) is 18.8 Å². The molecule has 1 aliphatic carbocycles. The number of sulfonamides is 1. The van der Waals surface area contributed by atoms with Crippen LogP contribution in [-0.2, 0) is 10.0 Å². The molecule has 0 spiro atoms. The first-order chi connectivity index (χ1) is 9.05. The van der Waals surface area contributed by atoms with Gasteiger partial charge in [-0.1, -0.05) is 6.07 Å². The molecule has 1 unspecified atom stereocenters. The predicted octanol–water partition coefficient (Wildman–Crippen LogP) is 1.34. The van der Waals surface area contributed by atoms with Crippen LogP contribution in [0, 0.1) is 6.92 Å². The second kappa shape index (κ2) is 4.76. The second-order valence-electron chi connectivity index (χ2n) is 5.30. The molecule has 6 heteroatoms. The Morgan fingerprint density at radius 2 is 2.11 bits per heavy atom. The summed E-state index contributed by atoms with van der Waals surface area (Å²) in [5.41, 5.74) is 1.08. The molecule has 0 bridgehead atoms. The molecule has 3 rings (SSSR count). The number of aryl methyl sites for hydroxylation is 1. The van der Waals surface area contributed by atoms with Crippen LogP contribution in [0.3, 0.4) is 0 Å². The third-order valence-corrected chi connectivity index (χ3v) is 5.95. The van der Waals surface area contributed by atoms with Crippen molar-refractivity contribution in [1.82, 2.24) is 9.29 Å². The van der Waals surface area contributed by atoms with E-state index in [0.29, 0.717) is 19.0 Å². The van der Waals surface area contributed by atoms with Crippen LogP contribution < -0.4 is 4.74 Å². The van der Waals surface area contributed by atoms with Crippen LogP contribution in [0.2, 0.25) is 0 Å². The van der Waals surface area contributed by atoms with Gasteiger partial charge in [0.2, 0.25) is 15.9 Å². The normalized spacial score (nSPS) is 24.6. The van der Waals surface area contributed by atoms with Gasteiger partial charge >= 0.3 is 0 Å². The fourth-order valence-electron chi connectivity index (χ4n) is 2.30. The molecule has 2 fully saturated rings. The molecule has 1 saturated heterocycles. The van der Waals surface area contributed by atoms with Crippen molar-refractivity contribution in [2.24, 2.45) is 0 Å². The van der Waals surface area contributed by atoms with Gasteiger partial charge in [0.05, 0.1) is 11.8 Å². The second-order valence-corrected chi connectivity index (χ2v) is 7.52. The maximum atomic E-state index is 12.1. The first-order valence-electron chi connectivity index (χ1n) is 6.64. The minimum Gasteiger partial charge on any atom is -0.473 e. The first kappa shape index (κ1) is 12.9. The third-order valence-electron chi connectivity index (χ3n) is 3.58. The van der Waals surface area contributed by atoms with Gasteiger partial charge in [-0.15, -0.1) is 0 Å². The third kappa shape index (κ3) is 2.74. The molecule has 0 amide bonds. The molecular formula is C13H18N2O3S. The monoisotopic (exact) mass is 282 g/mol. The summed E-state index contributed by atoms with van der Waals surface area (Å²) >= 11 is 0. The number of nitrogens with zero attached hydrogens (tertiary/aromatic N) is 2. The van der Waals surface area contributed by atoms with E-state index in [-0.39, 0.29) is 11.4 Å². The fourth-order valence-corrected chi connectivity index (χ4v) is 4.18. The van der Waals surface area contributed by atoms with Crippen LogP contribution >= 0.6 is 0 Å². The highest BCUT2D eigenvalue weighted by atomic mass is 32.2. The zero-order chi connectivity index (χ0) is 13.5. The zero-order valence-corrected chi connectivity index (χ0v) is 11.8. The van der Waals surface area contributed by atoms with Crippen molar-refractivity contribution in [1.29, 1.82) is 0 Å². The molecule has 1 aromatic heterocycles. The van der Waals surface area contributed by atoms with Crippen LogP contribution in [-0.4, -0.2) is 42.2 Å². The SMILES string of the molecule is Cc1ccc(OC2CCN(S(=O)(=O)C3CC3)C2)nc1. The smallest absolute Gasteiger partial charge is 0.217 e. The minimum absolute atomic E-state index is 0.0799. The van der Waals surface area contributed by atoms with E-state index in [1.807, 2.05) is 19.1 Å². The Morgan fingerprint density at radius 3 is 2.74 bits per heavy atom. The topological polar surface area (TPSA) is 59.5 Å². The minimum atomic E-state index is -3.06. The van der Waals surface area contributed by atoms with Crippen molar-refractivity contribution in [3.63, 3.8) is 0 Å². The van der Waals surface area contributed by atoms with Crippen LogP contribution in [0.1, 0.15) is 24.8 Å². The molecule has 1 saturated carbocycles. The molecule has 0 N–H and O–H groups in total. The molecule has 19 heavy (non-hydrogen) atoms. The predicted molar refractivity (Wildman–Crippen MR) is 71.5 cm³/mol. The molecule has 1 atom stereocenters. The van der Waals surface area contributed by atoms with E-state index in [4.69, 9.17) is 4.74 Å². The van der Waals surface area contributed by atoms with E-state index >= 15 is 0 Å². The maximum absolute atomic E-state index is 12.1. The Labute approximate surface area is 113 Å². The van der Waals surface area contributed by atoms with Crippen molar-refractivity contribution in [2.45, 2.75) is 37.5 Å². The lowest BCUT2D eigenvalue weighted by atomic mass is 10.3. The highest BCUT2D eigenvalue weighted by Crippen LogP contribution is 2.33. The maximum Gasteiger partial charge on any atom is 0.217 e. The molecule has 0 radical (unpaired) electrons. The lowest BCUT2D eigenvalue weighted by Gasteiger charge is -2.16. The molecule has 0 aromatic carbocycles. The fraction of sp³-hybridized carbons (Fsp3) is 0.615. The van der Waals surface area contributed by atoms with Crippen molar-refractivity contribution in [3.05, 3.63) is 23.9 Å². The van der Waals surface area contributed by atoms with Crippen LogP contribution in [0.25, 0.3) is 0 Å². The summed E-state index contributed by atoms with van der Waals surface area (Å²) in [6.07, 6.45) is 4.03. The lowest BCUT2D eigenvalue weighted by molar-refractivity contribution is 0.207. The number of aromatic nitrogens is 1. The highest BCUT2D eigenvalue weighted by Gasteiger charge is 2.43. The number of rotatable bonds is 4. The Morgan fingerprint density at radius 1 is 1.32 bits per heavy atom. The van der Waals surface area contributed by atoms with Gasteiger partial charge in [0.1, 0.15) is 6.10 Å². The Bertz CT molecular complexity index is 552. The molecule has 5 nitrogen and oxygen atoms in total. The molecule has 1 aliphatic heterocycles. The molecular weight excluding hydrogens is 264 g/mol. The Hall–Kier alpha value is -1.14. The lowest BCUT2D eigenvalue weighted by Crippen LogP contribution is -2.33. The Kier molecular flexibility index (Phi) is 3.22. The van der Waals surface area contributed by atoms with Crippen molar-refractivity contribution in [3.8, 4) is 5.88 Å². The highest BCUT2D eigenvalue weighted by molar-refractivity contribution is 7.90. The molecule has 1 aromatic rings. The zero-order valence-electron chi connectivity index (χ0n) is 10.9. The van der Waals surface area contributed by atoms with Gasteiger partial charge in [0.25, 0.3) is 0 Å². The number of ether oxygens (including phenoxy) is 1. The van der Waals surface area contributed by atoms with Crippen LogP contribution in [0.15, 0.2) is 18.3 Å². The summed E-state index contributed by atoms with van der Waals surface area (Å²) in [6, 6.07) is 3.77. The molecule has 2 heterocycles. The number of pyridine rings is 1. The van der Waals surface area contributed by atoms with E-state index in [1.54, 1.807) is 10.5 Å². The summed E-state index contributed by atoms with van der Waals surface area (Å²) in [5.74, 6) is 0.571. The van der Waals surface area contributed by atoms with Crippen LogP contribution in [0.5, 0.6) is 5.88 Å². The van der Waals surface area contributed by atoms with Crippen molar-refractivity contribution in [2.75, 3.05) is 13.1 Å². The van der Waals surface area contributed by atoms with E-state index < -0.39 is 10.0 Å². The van der Waals surface area contributed by atoms with Gasteiger partial charge < -0.3 is 4.74 Å². The number of hydrogen-bond acceptors (Lipinski definition) is 4. The van der Waals surface area contributed by atoms with Gasteiger partial charge in [-0.05, 0) is 31.7 Å². The van der Waals surface area contributed by atoms with Gasteiger partial charge in [-0.2, -0.15) is 4.31 Å². The van der Waals surface area contributed by atoms with Gasteiger partial charge in [-0.3, -0.25) is 0 Å². The van der Waals surface area contributed by atoms with E-state index in [0.717, 1.165) is 24.8 Å². The molecule has 104 valence electrons. The quantitative estimate of drug-likeness (QED) is 0.836. The molecule has 2 aliphatic rings. The number of hydrogen-bond donors (Lipinski definition) is 0. The summed E-state index contributed by atoms with van der Waals surface area (Å²) in [7, 11) is -3.06. The average molecular weight is 282 g/mol. The van der Waals surface area contributed by atoms with E-state index in [2.05, 4.69) is 4.98 Å². The summed E-state index contributed by atoms with van der Waals surface area (Å²) < 4.78 is 31.5. The first-order valence-corrected chi connectivity index (χ1v) is 8.14. The standard InChI is InChI=1S/C13H18N2O3S/c1-10-2-5-13(14-8-10)18-11-6-7-15(9-11)19(16,17)12-3-4-12/h2,5,8,11-12H,3-4,6-7,9H2,1H3. The van der Waals surface area contributed by atoms with E-state index in [9.17, 15) is 8.42 Å². The summed E-state index contributed by atoms with van der Waals surface area (Å²) in [6.45, 7) is 2.99. The summed E-state index contributed by atoms with van der Waals surface area (Å²) in [4.78, 5) is 4.19. The van der Waals surface area contributed by atoms with Gasteiger partial charge in [0.15, 0.2) is 0 Å². The van der Waals surface area contributed by atoms with Crippen molar-refractivity contribution < 1.29 is 13.2 Å². The van der Waals surface area contributed by atoms with Crippen molar-refractivity contribution >= 4 is 10.0 Å². The summed E-state index contributed by atoms with van der Waals surface area (Å²) in [5, 5.41) is -0.135. The van der Waals surface area contributed by atoms with Gasteiger partial charge in [-0.25, -0.2) is 13.4 Å².